The summed E-state index contributed by atoms with van der Waals surface area (Å²) in [5.41, 5.74) is 1.31. The van der Waals surface area contributed by atoms with E-state index in [9.17, 15) is 19.8 Å². The minimum absolute atomic E-state index is 0.142. The predicted molar refractivity (Wildman–Crippen MR) is 99.1 cm³/mol. The summed E-state index contributed by atoms with van der Waals surface area (Å²) in [5.74, 6) is -0.165. The van der Waals surface area contributed by atoms with Gasteiger partial charge in [-0.15, -0.1) is 0 Å². The van der Waals surface area contributed by atoms with Gasteiger partial charge in [0.2, 0.25) is 5.91 Å². The van der Waals surface area contributed by atoms with Crippen molar-refractivity contribution in [3.63, 3.8) is 0 Å². The number of aliphatic hydroxyl groups is 1. The van der Waals surface area contributed by atoms with Gasteiger partial charge in [0, 0.05) is 25.7 Å². The Morgan fingerprint density at radius 1 is 1.19 bits per heavy atom. The number of nitrogens with one attached hydrogen (secondary N) is 1. The van der Waals surface area contributed by atoms with Gasteiger partial charge < -0.3 is 20.4 Å². The Morgan fingerprint density at radius 3 is 2.63 bits per heavy atom. The molecule has 0 radical (unpaired) electrons. The lowest BCUT2D eigenvalue weighted by molar-refractivity contribution is -0.123. The summed E-state index contributed by atoms with van der Waals surface area (Å²) in [7, 11) is 0. The van der Waals surface area contributed by atoms with Gasteiger partial charge in [0.25, 0.3) is 5.91 Å². The molecule has 0 bridgehead atoms. The van der Waals surface area contributed by atoms with Gasteiger partial charge in [0.15, 0.2) is 0 Å². The Balaban J connectivity index is 1.47. The number of benzene rings is 1. The average Bonchev–Trinajstić information content (AvgIpc) is 2.69. The first-order valence-corrected chi connectivity index (χ1v) is 8.98. The highest BCUT2D eigenvalue weighted by molar-refractivity contribution is 5.92. The molecule has 1 aromatic carbocycles. The van der Waals surface area contributed by atoms with Gasteiger partial charge in [-0.05, 0) is 42.7 Å². The van der Waals surface area contributed by atoms with E-state index in [1.807, 2.05) is 0 Å². The summed E-state index contributed by atoms with van der Waals surface area (Å²) in [6.45, 7) is 0.619. The molecule has 2 aromatic rings. The summed E-state index contributed by atoms with van der Waals surface area (Å²) in [6, 6.07) is 11.5. The number of aliphatic hydroxyl groups excluding tert-OH is 1. The molecule has 2 heterocycles. The molecule has 0 aliphatic carbocycles. The second-order valence-electron chi connectivity index (χ2n) is 6.66. The molecule has 7 nitrogen and oxygen atoms in total. The molecule has 2 amide bonds. The fraction of sp³-hybridized carbons (Fsp3) is 0.350. The molecule has 1 aromatic heterocycles. The van der Waals surface area contributed by atoms with Crippen LogP contribution in [-0.2, 0) is 11.2 Å². The lowest BCUT2D eigenvalue weighted by atomic mass is 10.0. The van der Waals surface area contributed by atoms with Gasteiger partial charge in [0.1, 0.15) is 11.4 Å². The number of carbonyl (C=O) groups is 2. The fourth-order valence-electron chi connectivity index (χ4n) is 3.14. The van der Waals surface area contributed by atoms with Crippen molar-refractivity contribution in [2.24, 2.45) is 0 Å². The van der Waals surface area contributed by atoms with Crippen LogP contribution in [0.2, 0.25) is 0 Å². The number of amides is 2. The van der Waals surface area contributed by atoms with Gasteiger partial charge in [-0.2, -0.15) is 0 Å². The third-order valence-electron chi connectivity index (χ3n) is 4.68. The zero-order valence-electron chi connectivity index (χ0n) is 14.9. The van der Waals surface area contributed by atoms with Crippen LogP contribution in [0.3, 0.4) is 0 Å². The monoisotopic (exact) mass is 369 g/mol. The van der Waals surface area contributed by atoms with E-state index in [2.05, 4.69) is 10.3 Å². The van der Waals surface area contributed by atoms with E-state index in [-0.39, 0.29) is 30.2 Å². The third-order valence-corrected chi connectivity index (χ3v) is 4.68. The highest BCUT2D eigenvalue weighted by Gasteiger charge is 2.31. The van der Waals surface area contributed by atoms with Crippen molar-refractivity contribution >= 4 is 11.8 Å². The lowest BCUT2D eigenvalue weighted by Gasteiger charge is -2.36. The molecule has 1 saturated heterocycles. The van der Waals surface area contributed by atoms with Gasteiger partial charge in [-0.1, -0.05) is 18.2 Å². The largest absolute Gasteiger partial charge is 0.508 e. The quantitative estimate of drug-likeness (QED) is 0.733. The average molecular weight is 369 g/mol. The van der Waals surface area contributed by atoms with Crippen LogP contribution in [0.5, 0.6) is 5.75 Å². The summed E-state index contributed by atoms with van der Waals surface area (Å²) in [5, 5.41) is 22.5. The van der Waals surface area contributed by atoms with Gasteiger partial charge >= 0.3 is 0 Å². The second-order valence-corrected chi connectivity index (χ2v) is 6.66. The Bertz CT molecular complexity index is 780. The van der Waals surface area contributed by atoms with Crippen LogP contribution in [-0.4, -0.2) is 57.1 Å². The second kappa shape index (κ2) is 8.64. The van der Waals surface area contributed by atoms with E-state index in [4.69, 9.17) is 0 Å². The molecule has 2 atom stereocenters. The van der Waals surface area contributed by atoms with Crippen molar-refractivity contribution in [3.8, 4) is 5.75 Å². The van der Waals surface area contributed by atoms with Crippen LogP contribution in [0.4, 0.5) is 0 Å². The number of nitrogens with zero attached hydrogens (tertiary/aromatic N) is 2. The van der Waals surface area contributed by atoms with Gasteiger partial charge in [-0.25, -0.2) is 0 Å². The summed E-state index contributed by atoms with van der Waals surface area (Å²) < 4.78 is 0. The first-order chi connectivity index (χ1) is 13.0. The number of piperidine rings is 1. The van der Waals surface area contributed by atoms with Crippen molar-refractivity contribution in [1.82, 2.24) is 15.2 Å². The first kappa shape index (κ1) is 18.8. The van der Waals surface area contributed by atoms with E-state index in [1.54, 1.807) is 53.6 Å². The Labute approximate surface area is 157 Å². The zero-order valence-corrected chi connectivity index (χ0v) is 14.9. The number of aromatic nitrogens is 1. The van der Waals surface area contributed by atoms with Crippen LogP contribution < -0.4 is 5.32 Å². The maximum Gasteiger partial charge on any atom is 0.272 e. The van der Waals surface area contributed by atoms with E-state index in [0.29, 0.717) is 31.5 Å². The van der Waals surface area contributed by atoms with Crippen molar-refractivity contribution in [2.45, 2.75) is 31.4 Å². The molecule has 3 N–H and O–H groups in total. The number of aryl methyl sites for hydroxylation is 1. The summed E-state index contributed by atoms with van der Waals surface area (Å²) in [4.78, 5) is 30.2. The number of pyridine rings is 1. The van der Waals surface area contributed by atoms with Gasteiger partial charge in [-0.3, -0.25) is 14.6 Å². The van der Waals surface area contributed by atoms with E-state index in [0.717, 1.165) is 5.56 Å². The maximum absolute atomic E-state index is 12.4. The number of rotatable bonds is 5. The van der Waals surface area contributed by atoms with E-state index < -0.39 is 6.10 Å². The number of β-amino-alcohol motifs (C(OH)–C–C–N with tert-alkyl or cyclic N) is 1. The highest BCUT2D eigenvalue weighted by atomic mass is 16.3. The Kier molecular flexibility index (Phi) is 6.03. The molecular formula is C20H23N3O4. The number of likely N-dealkylation sites (tertiary alicyclic amines) is 1. The molecule has 7 heteroatoms. The Morgan fingerprint density at radius 2 is 1.96 bits per heavy atom. The summed E-state index contributed by atoms with van der Waals surface area (Å²) >= 11 is 0. The maximum atomic E-state index is 12.4. The van der Waals surface area contributed by atoms with Crippen LogP contribution >= 0.6 is 0 Å². The molecule has 1 fully saturated rings. The van der Waals surface area contributed by atoms with E-state index in [1.165, 1.54) is 0 Å². The fourth-order valence-corrected chi connectivity index (χ4v) is 3.14. The third kappa shape index (κ3) is 5.04. The number of phenolic OH excluding ortho intramolecular Hbond substituents is 1. The molecule has 1 aliphatic heterocycles. The van der Waals surface area contributed by atoms with Crippen LogP contribution in [0.15, 0.2) is 48.7 Å². The predicted octanol–water partition coefficient (Wildman–Crippen LogP) is 1.11. The van der Waals surface area contributed by atoms with E-state index >= 15 is 0 Å². The lowest BCUT2D eigenvalue weighted by Crippen LogP contribution is -2.55. The number of carbonyl (C=O) groups excluding carboxylic acids is 2. The smallest absolute Gasteiger partial charge is 0.272 e. The molecule has 142 valence electrons. The zero-order chi connectivity index (χ0) is 19.2. The van der Waals surface area contributed by atoms with Crippen LogP contribution in [0, 0.1) is 0 Å². The minimum atomic E-state index is -0.816. The van der Waals surface area contributed by atoms with Crippen LogP contribution in [0.1, 0.15) is 28.9 Å². The Hall–Kier alpha value is -2.93. The standard InChI is InChI=1S/C20H23N3O4/c24-15-7-4-14(5-8-15)6-9-19(26)22-16-10-12-23(13-18(16)25)20(27)17-3-1-2-11-21-17/h1-5,7-8,11,16,18,24-25H,6,9-10,12-13H2,(H,22,26)/t16-,18-/m1/s1. The molecular weight excluding hydrogens is 346 g/mol. The van der Waals surface area contributed by atoms with Crippen molar-refractivity contribution in [1.29, 1.82) is 0 Å². The molecule has 1 aliphatic rings. The number of aromatic hydroxyl groups is 1. The van der Waals surface area contributed by atoms with Crippen molar-refractivity contribution in [2.75, 3.05) is 13.1 Å². The topological polar surface area (TPSA) is 103 Å². The van der Waals surface area contributed by atoms with Crippen LogP contribution in [0.25, 0.3) is 0 Å². The number of hydrogen-bond acceptors (Lipinski definition) is 5. The molecule has 0 spiro atoms. The molecule has 0 unspecified atom stereocenters. The summed E-state index contributed by atoms with van der Waals surface area (Å²) in [6.07, 6.45) is 2.09. The number of hydrogen-bond donors (Lipinski definition) is 3. The van der Waals surface area contributed by atoms with Crippen molar-refractivity contribution < 1.29 is 19.8 Å². The number of phenols is 1. The highest BCUT2D eigenvalue weighted by Crippen LogP contribution is 2.15. The molecule has 3 rings (SSSR count). The normalized spacial score (nSPS) is 19.5. The minimum Gasteiger partial charge on any atom is -0.508 e. The molecule has 27 heavy (non-hydrogen) atoms. The van der Waals surface area contributed by atoms with Crippen molar-refractivity contribution in [3.05, 3.63) is 59.9 Å². The SMILES string of the molecule is O=C(CCc1ccc(O)cc1)N[C@@H]1CCN(C(=O)c2ccccn2)C[C@H]1O. The first-order valence-electron chi connectivity index (χ1n) is 8.98. The molecule has 0 saturated carbocycles. The van der Waals surface area contributed by atoms with Gasteiger partial charge in [0.05, 0.1) is 12.1 Å².